The second-order valence-corrected chi connectivity index (χ2v) is 8.63. The van der Waals surface area contributed by atoms with Crippen molar-refractivity contribution in [3.8, 4) is 0 Å². The number of rotatable bonds is 7. The van der Waals surface area contributed by atoms with E-state index < -0.39 is 17.6 Å². The summed E-state index contributed by atoms with van der Waals surface area (Å²) in [4.78, 5) is 19.5. The minimum Gasteiger partial charge on any atom is -0.331 e. The lowest BCUT2D eigenvalue weighted by Crippen LogP contribution is -2.33. The molecule has 0 bridgehead atoms. The van der Waals surface area contributed by atoms with Crippen LogP contribution in [0.15, 0.2) is 42.5 Å². The predicted molar refractivity (Wildman–Crippen MR) is 118 cm³/mol. The summed E-state index contributed by atoms with van der Waals surface area (Å²) in [7, 11) is 0. The zero-order chi connectivity index (χ0) is 23.6. The number of hydrogen-bond donors (Lipinski definition) is 0. The molecular weight excluding hydrogens is 434 g/mol. The number of imidazole rings is 1. The Morgan fingerprint density at radius 2 is 1.91 bits per heavy atom. The van der Waals surface area contributed by atoms with Gasteiger partial charge in [0.2, 0.25) is 0 Å². The Bertz CT molecular complexity index is 1130. The van der Waals surface area contributed by atoms with E-state index in [0.717, 1.165) is 49.8 Å². The summed E-state index contributed by atoms with van der Waals surface area (Å²) in [5.74, 6) is -0.210. The third kappa shape index (κ3) is 5.04. The Morgan fingerprint density at radius 3 is 2.61 bits per heavy atom. The van der Waals surface area contributed by atoms with Crippen molar-refractivity contribution >= 4 is 16.9 Å². The van der Waals surface area contributed by atoms with Gasteiger partial charge < -0.3 is 9.47 Å². The molecule has 1 aliphatic carbocycles. The Labute approximate surface area is 190 Å². The highest BCUT2D eigenvalue weighted by molar-refractivity contribution is 5.94. The lowest BCUT2D eigenvalue weighted by molar-refractivity contribution is -0.137. The van der Waals surface area contributed by atoms with Crippen LogP contribution in [0.1, 0.15) is 73.2 Å². The molecule has 2 aromatic carbocycles. The Kier molecular flexibility index (Phi) is 6.72. The van der Waals surface area contributed by atoms with Crippen molar-refractivity contribution in [3.05, 3.63) is 65.2 Å². The van der Waals surface area contributed by atoms with Crippen LogP contribution in [0.25, 0.3) is 11.0 Å². The van der Waals surface area contributed by atoms with Crippen LogP contribution in [0, 0.1) is 5.82 Å². The van der Waals surface area contributed by atoms with E-state index in [4.69, 9.17) is 0 Å². The monoisotopic (exact) mass is 461 g/mol. The molecule has 4 rings (SSSR count). The van der Waals surface area contributed by atoms with Crippen LogP contribution in [0.5, 0.6) is 0 Å². The summed E-state index contributed by atoms with van der Waals surface area (Å²) in [6.45, 7) is 2.54. The lowest BCUT2D eigenvalue weighted by atomic mass is 10.1. The van der Waals surface area contributed by atoms with Gasteiger partial charge in [0.1, 0.15) is 11.6 Å². The highest BCUT2D eigenvalue weighted by Crippen LogP contribution is 2.35. The number of halogens is 4. The molecule has 0 unspecified atom stereocenters. The van der Waals surface area contributed by atoms with E-state index in [9.17, 15) is 22.4 Å². The number of amides is 1. The first-order valence-corrected chi connectivity index (χ1v) is 11.4. The van der Waals surface area contributed by atoms with E-state index in [1.54, 1.807) is 11.0 Å². The molecule has 1 saturated carbocycles. The highest BCUT2D eigenvalue weighted by Gasteiger charge is 2.32. The first kappa shape index (κ1) is 23.3. The molecule has 0 N–H and O–H groups in total. The van der Waals surface area contributed by atoms with Crippen LogP contribution < -0.4 is 0 Å². The third-order valence-corrected chi connectivity index (χ3v) is 6.25. The van der Waals surface area contributed by atoms with E-state index in [-0.39, 0.29) is 24.0 Å². The number of hydrogen-bond acceptors (Lipinski definition) is 2. The van der Waals surface area contributed by atoms with Gasteiger partial charge in [-0.25, -0.2) is 9.37 Å². The lowest BCUT2D eigenvalue weighted by Gasteiger charge is -2.25. The topological polar surface area (TPSA) is 38.1 Å². The van der Waals surface area contributed by atoms with Crippen LogP contribution in [-0.2, 0) is 12.7 Å². The molecular formula is C25H27F4N3O. The van der Waals surface area contributed by atoms with Gasteiger partial charge in [-0.15, -0.1) is 0 Å². The molecule has 1 aliphatic rings. The van der Waals surface area contributed by atoms with Crippen LogP contribution in [0.3, 0.4) is 0 Å². The second kappa shape index (κ2) is 9.53. The summed E-state index contributed by atoms with van der Waals surface area (Å²) in [6.07, 6.45) is 1.16. The molecule has 0 aliphatic heterocycles. The van der Waals surface area contributed by atoms with Crippen molar-refractivity contribution in [2.75, 3.05) is 6.54 Å². The minimum atomic E-state index is -4.52. The third-order valence-electron chi connectivity index (χ3n) is 6.25. The molecule has 0 saturated heterocycles. The predicted octanol–water partition coefficient (Wildman–Crippen LogP) is 6.75. The second-order valence-electron chi connectivity index (χ2n) is 8.63. The fourth-order valence-corrected chi connectivity index (χ4v) is 4.59. The number of aromatic nitrogens is 2. The van der Waals surface area contributed by atoms with Crippen LogP contribution in [-0.4, -0.2) is 26.9 Å². The maximum atomic E-state index is 13.9. The summed E-state index contributed by atoms with van der Waals surface area (Å²) >= 11 is 0. The van der Waals surface area contributed by atoms with Crippen molar-refractivity contribution in [2.45, 2.75) is 64.2 Å². The molecule has 3 aromatic rings. The van der Waals surface area contributed by atoms with Crippen molar-refractivity contribution in [1.29, 1.82) is 0 Å². The van der Waals surface area contributed by atoms with Crippen LogP contribution in [0.2, 0.25) is 0 Å². The number of alkyl halides is 3. The smallest absolute Gasteiger partial charge is 0.331 e. The van der Waals surface area contributed by atoms with Gasteiger partial charge in [-0.05, 0) is 49.6 Å². The van der Waals surface area contributed by atoms with Crippen molar-refractivity contribution in [1.82, 2.24) is 14.5 Å². The fourth-order valence-electron chi connectivity index (χ4n) is 4.59. The van der Waals surface area contributed by atoms with Gasteiger partial charge >= 0.3 is 6.18 Å². The van der Waals surface area contributed by atoms with E-state index >= 15 is 0 Å². The molecule has 1 fully saturated rings. The molecule has 176 valence electrons. The van der Waals surface area contributed by atoms with E-state index in [0.29, 0.717) is 24.3 Å². The Morgan fingerprint density at radius 1 is 1.15 bits per heavy atom. The molecule has 1 heterocycles. The molecule has 1 aromatic heterocycles. The van der Waals surface area contributed by atoms with E-state index in [2.05, 4.69) is 9.55 Å². The quantitative estimate of drug-likeness (QED) is 0.365. The van der Waals surface area contributed by atoms with Crippen molar-refractivity contribution in [3.63, 3.8) is 0 Å². The van der Waals surface area contributed by atoms with Crippen LogP contribution >= 0.6 is 0 Å². The van der Waals surface area contributed by atoms with E-state index in [1.807, 2.05) is 6.92 Å². The number of fused-ring (bicyclic) bond motifs is 1. The molecule has 1 amide bonds. The number of nitrogens with zero attached hydrogens (tertiary/aromatic N) is 3. The van der Waals surface area contributed by atoms with Crippen LogP contribution in [0.4, 0.5) is 17.6 Å². The fraction of sp³-hybridized carbons (Fsp3) is 0.440. The number of carbonyl (C=O) groups is 1. The van der Waals surface area contributed by atoms with E-state index in [1.165, 1.54) is 24.3 Å². The average Bonchev–Trinajstić information content (AvgIpc) is 3.42. The number of unbranched alkanes of at least 4 members (excludes halogenated alkanes) is 1. The standard InChI is InChI=1S/C25H27F4N3O/c1-2-3-13-31(24(33)17-7-6-8-18(14-17)25(27,28)29)16-23-30-21-15-19(26)11-12-22(21)32(23)20-9-4-5-10-20/h6-8,11-12,14-15,20H,2-5,9-10,13,16H2,1H3. The van der Waals surface area contributed by atoms with Gasteiger partial charge in [-0.1, -0.05) is 32.3 Å². The van der Waals surface area contributed by atoms with Crippen molar-refractivity contribution < 1.29 is 22.4 Å². The van der Waals surface area contributed by atoms with Gasteiger partial charge in [0.25, 0.3) is 5.91 Å². The molecule has 8 heteroatoms. The zero-order valence-corrected chi connectivity index (χ0v) is 18.5. The Hall–Kier alpha value is -2.90. The first-order chi connectivity index (χ1) is 15.8. The summed E-state index contributed by atoms with van der Waals surface area (Å²) in [5, 5.41) is 0. The Balaban J connectivity index is 1.71. The number of benzene rings is 2. The average molecular weight is 462 g/mol. The molecule has 33 heavy (non-hydrogen) atoms. The molecule has 0 radical (unpaired) electrons. The summed E-state index contributed by atoms with van der Waals surface area (Å²) < 4.78 is 55.5. The maximum absolute atomic E-state index is 13.9. The van der Waals surface area contributed by atoms with Crippen molar-refractivity contribution in [2.24, 2.45) is 0 Å². The first-order valence-electron chi connectivity index (χ1n) is 11.4. The van der Waals surface area contributed by atoms with Gasteiger partial charge in [0.05, 0.1) is 23.1 Å². The summed E-state index contributed by atoms with van der Waals surface area (Å²) in [6, 6.07) is 9.24. The zero-order valence-electron chi connectivity index (χ0n) is 18.5. The van der Waals surface area contributed by atoms with Gasteiger partial charge in [-0.2, -0.15) is 13.2 Å². The molecule has 4 nitrogen and oxygen atoms in total. The minimum absolute atomic E-state index is 0.00417. The maximum Gasteiger partial charge on any atom is 0.416 e. The SMILES string of the molecule is CCCCN(Cc1nc2cc(F)ccc2n1C1CCCC1)C(=O)c1cccc(C(F)(F)F)c1. The number of carbonyl (C=O) groups excluding carboxylic acids is 1. The normalized spacial score (nSPS) is 14.8. The molecule has 0 spiro atoms. The molecule has 0 atom stereocenters. The summed E-state index contributed by atoms with van der Waals surface area (Å²) in [5.41, 5.74) is 0.493. The van der Waals surface area contributed by atoms with Gasteiger partial charge in [-0.3, -0.25) is 4.79 Å². The van der Waals surface area contributed by atoms with Gasteiger partial charge in [0.15, 0.2) is 0 Å². The largest absolute Gasteiger partial charge is 0.416 e. The van der Waals surface area contributed by atoms with Gasteiger partial charge in [0, 0.05) is 24.2 Å². The highest BCUT2D eigenvalue weighted by atomic mass is 19.4.